The highest BCUT2D eigenvalue weighted by molar-refractivity contribution is 5.95. The Morgan fingerprint density at radius 2 is 1.83 bits per heavy atom. The SMILES string of the molecule is COc1cc(OC)c([N+](=O)[O-])cc1/C=N/NC(=O)c1ccccc1. The molecule has 0 atom stereocenters. The number of nitro benzene ring substituents is 1. The lowest BCUT2D eigenvalue weighted by Crippen LogP contribution is -2.17. The Hall–Kier alpha value is -3.42. The summed E-state index contributed by atoms with van der Waals surface area (Å²) < 4.78 is 10.1. The molecule has 8 nitrogen and oxygen atoms in total. The molecule has 2 rings (SSSR count). The standard InChI is InChI=1S/C16H15N3O5/c1-23-14-9-15(24-2)13(19(21)22)8-12(14)10-17-18-16(20)11-6-4-3-5-7-11/h3-10H,1-2H3,(H,18,20)/b17-10+. The highest BCUT2D eigenvalue weighted by Gasteiger charge is 2.18. The lowest BCUT2D eigenvalue weighted by molar-refractivity contribution is -0.385. The van der Waals surface area contributed by atoms with Gasteiger partial charge in [0.2, 0.25) is 5.75 Å². The molecule has 1 N–H and O–H groups in total. The van der Waals surface area contributed by atoms with E-state index in [1.165, 1.54) is 32.6 Å². The maximum absolute atomic E-state index is 11.9. The molecule has 0 aliphatic rings. The van der Waals surface area contributed by atoms with Gasteiger partial charge in [-0.25, -0.2) is 5.43 Å². The number of benzene rings is 2. The molecule has 24 heavy (non-hydrogen) atoms. The van der Waals surface area contributed by atoms with E-state index in [4.69, 9.17) is 9.47 Å². The monoisotopic (exact) mass is 329 g/mol. The molecule has 2 aromatic rings. The van der Waals surface area contributed by atoms with Gasteiger partial charge in [-0.05, 0) is 12.1 Å². The third-order valence-electron chi connectivity index (χ3n) is 3.13. The van der Waals surface area contributed by atoms with Crippen molar-refractivity contribution < 1.29 is 19.2 Å². The number of carbonyl (C=O) groups is 1. The van der Waals surface area contributed by atoms with Crippen LogP contribution in [0.1, 0.15) is 15.9 Å². The van der Waals surface area contributed by atoms with Crippen LogP contribution in [0, 0.1) is 10.1 Å². The number of hydrazone groups is 1. The van der Waals surface area contributed by atoms with E-state index in [9.17, 15) is 14.9 Å². The predicted octanol–water partition coefficient (Wildman–Crippen LogP) is 2.38. The third-order valence-corrected chi connectivity index (χ3v) is 3.13. The van der Waals surface area contributed by atoms with Gasteiger partial charge in [-0.3, -0.25) is 14.9 Å². The van der Waals surface area contributed by atoms with E-state index in [0.29, 0.717) is 16.9 Å². The zero-order valence-corrected chi connectivity index (χ0v) is 13.1. The molecule has 0 aliphatic heterocycles. The van der Waals surface area contributed by atoms with Gasteiger partial charge in [-0.15, -0.1) is 0 Å². The van der Waals surface area contributed by atoms with Gasteiger partial charge >= 0.3 is 5.69 Å². The van der Waals surface area contributed by atoms with Crippen molar-refractivity contribution in [2.45, 2.75) is 0 Å². The second kappa shape index (κ2) is 7.73. The molecular formula is C16H15N3O5. The van der Waals surface area contributed by atoms with Crippen LogP contribution in [0.3, 0.4) is 0 Å². The number of hydrogen-bond acceptors (Lipinski definition) is 6. The number of ether oxygens (including phenoxy) is 2. The smallest absolute Gasteiger partial charge is 0.311 e. The Bertz CT molecular complexity index is 775. The Morgan fingerprint density at radius 1 is 1.17 bits per heavy atom. The first-order valence-electron chi connectivity index (χ1n) is 6.85. The Balaban J connectivity index is 2.23. The first-order chi connectivity index (χ1) is 11.6. The summed E-state index contributed by atoms with van der Waals surface area (Å²) in [6.45, 7) is 0. The van der Waals surface area contributed by atoms with Crippen LogP contribution >= 0.6 is 0 Å². The minimum absolute atomic E-state index is 0.0716. The van der Waals surface area contributed by atoms with Crippen LogP contribution in [-0.4, -0.2) is 31.3 Å². The fraction of sp³-hybridized carbons (Fsp3) is 0.125. The lowest BCUT2D eigenvalue weighted by atomic mass is 10.1. The first-order valence-corrected chi connectivity index (χ1v) is 6.85. The van der Waals surface area contributed by atoms with Crippen LogP contribution in [0.2, 0.25) is 0 Å². The molecule has 0 spiro atoms. The summed E-state index contributed by atoms with van der Waals surface area (Å²) >= 11 is 0. The van der Waals surface area contributed by atoms with E-state index in [0.717, 1.165) is 0 Å². The molecule has 1 amide bonds. The van der Waals surface area contributed by atoms with Crippen molar-refractivity contribution in [2.24, 2.45) is 5.10 Å². The number of methoxy groups -OCH3 is 2. The first kappa shape index (κ1) is 16.9. The molecule has 2 aromatic carbocycles. The highest BCUT2D eigenvalue weighted by Crippen LogP contribution is 2.33. The number of hydrogen-bond donors (Lipinski definition) is 1. The van der Waals surface area contributed by atoms with Crippen molar-refractivity contribution in [3.8, 4) is 11.5 Å². The molecule has 124 valence electrons. The number of amides is 1. The summed E-state index contributed by atoms with van der Waals surface area (Å²) in [4.78, 5) is 22.4. The largest absolute Gasteiger partial charge is 0.496 e. The van der Waals surface area contributed by atoms with Gasteiger partial charge < -0.3 is 9.47 Å². The summed E-state index contributed by atoms with van der Waals surface area (Å²) in [6.07, 6.45) is 1.27. The zero-order valence-electron chi connectivity index (χ0n) is 13.1. The topological polar surface area (TPSA) is 103 Å². The normalized spacial score (nSPS) is 10.4. The van der Waals surface area contributed by atoms with Gasteiger partial charge in [-0.2, -0.15) is 5.10 Å². The second-order valence-electron chi connectivity index (χ2n) is 4.59. The van der Waals surface area contributed by atoms with E-state index in [1.54, 1.807) is 30.3 Å². The van der Waals surface area contributed by atoms with E-state index >= 15 is 0 Å². The Labute approximate surface area is 137 Å². The summed E-state index contributed by atoms with van der Waals surface area (Å²) in [5.41, 5.74) is 2.90. The number of nitrogens with one attached hydrogen (secondary N) is 1. The van der Waals surface area contributed by atoms with Crippen molar-refractivity contribution in [2.75, 3.05) is 14.2 Å². The molecular weight excluding hydrogens is 314 g/mol. The fourth-order valence-corrected chi connectivity index (χ4v) is 1.96. The Morgan fingerprint density at radius 3 is 2.42 bits per heavy atom. The number of carbonyl (C=O) groups excluding carboxylic acids is 1. The number of nitro groups is 1. The van der Waals surface area contributed by atoms with Crippen molar-refractivity contribution in [1.29, 1.82) is 0 Å². The van der Waals surface area contributed by atoms with Crippen LogP contribution in [0.4, 0.5) is 5.69 Å². The molecule has 0 heterocycles. The predicted molar refractivity (Wildman–Crippen MR) is 87.7 cm³/mol. The molecule has 0 aliphatic carbocycles. The van der Waals surface area contributed by atoms with Crippen LogP contribution in [0.15, 0.2) is 47.6 Å². The van der Waals surface area contributed by atoms with Crippen LogP contribution < -0.4 is 14.9 Å². The second-order valence-corrected chi connectivity index (χ2v) is 4.59. The van der Waals surface area contributed by atoms with Gasteiger partial charge in [0, 0.05) is 23.3 Å². The summed E-state index contributed by atoms with van der Waals surface area (Å²) in [5, 5.41) is 14.9. The van der Waals surface area contributed by atoms with Gasteiger partial charge in [0.1, 0.15) is 5.75 Å². The van der Waals surface area contributed by atoms with Gasteiger partial charge in [0.25, 0.3) is 5.91 Å². The van der Waals surface area contributed by atoms with Crippen molar-refractivity contribution in [1.82, 2.24) is 5.43 Å². The molecule has 0 radical (unpaired) electrons. The molecule has 0 fully saturated rings. The maximum Gasteiger partial charge on any atom is 0.311 e. The van der Waals surface area contributed by atoms with Gasteiger partial charge in [-0.1, -0.05) is 18.2 Å². The van der Waals surface area contributed by atoms with Gasteiger partial charge in [0.05, 0.1) is 25.4 Å². The minimum Gasteiger partial charge on any atom is -0.496 e. The summed E-state index contributed by atoms with van der Waals surface area (Å²) in [7, 11) is 2.75. The van der Waals surface area contributed by atoms with Crippen molar-refractivity contribution >= 4 is 17.8 Å². The quantitative estimate of drug-likeness (QED) is 0.498. The number of nitrogens with zero attached hydrogens (tertiary/aromatic N) is 2. The maximum atomic E-state index is 11.9. The Kier molecular flexibility index (Phi) is 5.45. The molecule has 0 saturated carbocycles. The number of rotatable bonds is 6. The zero-order chi connectivity index (χ0) is 17.5. The molecule has 0 saturated heterocycles. The van der Waals surface area contributed by atoms with Crippen molar-refractivity contribution in [3.63, 3.8) is 0 Å². The summed E-state index contributed by atoms with van der Waals surface area (Å²) in [6, 6.07) is 11.2. The van der Waals surface area contributed by atoms with Crippen LogP contribution in [0.5, 0.6) is 11.5 Å². The average molecular weight is 329 g/mol. The molecule has 0 unspecified atom stereocenters. The van der Waals surface area contributed by atoms with Gasteiger partial charge in [0.15, 0.2) is 0 Å². The third kappa shape index (κ3) is 3.86. The van der Waals surface area contributed by atoms with E-state index in [-0.39, 0.29) is 11.4 Å². The van der Waals surface area contributed by atoms with Crippen molar-refractivity contribution in [3.05, 3.63) is 63.7 Å². The minimum atomic E-state index is -0.571. The lowest BCUT2D eigenvalue weighted by Gasteiger charge is -2.08. The fourth-order valence-electron chi connectivity index (χ4n) is 1.96. The average Bonchev–Trinajstić information content (AvgIpc) is 2.61. The summed E-state index contributed by atoms with van der Waals surface area (Å²) in [5.74, 6) is 0.00584. The highest BCUT2D eigenvalue weighted by atomic mass is 16.6. The van der Waals surface area contributed by atoms with E-state index < -0.39 is 10.8 Å². The van der Waals surface area contributed by atoms with Crippen LogP contribution in [0.25, 0.3) is 0 Å². The molecule has 0 aromatic heterocycles. The van der Waals surface area contributed by atoms with E-state index in [2.05, 4.69) is 10.5 Å². The molecule has 8 heteroatoms. The van der Waals surface area contributed by atoms with Crippen LogP contribution in [-0.2, 0) is 0 Å². The molecule has 0 bridgehead atoms. The van der Waals surface area contributed by atoms with E-state index in [1.807, 2.05) is 0 Å².